The Morgan fingerprint density at radius 2 is 2.00 bits per heavy atom. The van der Waals surface area contributed by atoms with E-state index in [1.54, 1.807) is 0 Å². The molecule has 0 aromatic heterocycles. The van der Waals surface area contributed by atoms with Gasteiger partial charge in [-0.05, 0) is 4.80 Å². The summed E-state index contributed by atoms with van der Waals surface area (Å²) in [5, 5.41) is 0. The zero-order valence-corrected chi connectivity index (χ0v) is 2.53. The smallest absolute Gasteiger partial charge is 0.0243 e. The van der Waals surface area contributed by atoms with Crippen LogP contribution in [-0.2, 0) is 0 Å². The number of nitrogens with zero attached hydrogens (tertiary/aromatic N) is 1. The van der Waals surface area contributed by atoms with Gasteiger partial charge in [0, 0.05) is 0 Å². The molecular weight excluding hydrogens is 57.0 g/mol. The van der Waals surface area contributed by atoms with Gasteiger partial charge < -0.3 is 0 Å². The summed E-state index contributed by atoms with van der Waals surface area (Å²) in [5.74, 6) is 0. The van der Waals surface area contributed by atoms with Gasteiger partial charge in [0.15, 0.2) is 13.8 Å². The summed E-state index contributed by atoms with van der Waals surface area (Å²) in [6.45, 7) is 2.81. The maximum atomic E-state index is 10.7. The van der Waals surface area contributed by atoms with Gasteiger partial charge in [-0.1, -0.05) is 0 Å². The third-order valence-corrected chi connectivity index (χ3v) is 0. The van der Waals surface area contributed by atoms with Gasteiger partial charge >= 0.3 is 0 Å². The van der Waals surface area contributed by atoms with Crippen molar-refractivity contribution >= 4 is 6.72 Å². The highest BCUT2D eigenvalue weighted by atomic mass is 19.2. The summed E-state index contributed by atoms with van der Waals surface area (Å²) in [7, 11) is 1.22. The second-order valence-electron chi connectivity index (χ2n) is 0.605. The number of rotatable bonds is 0. The van der Waals surface area contributed by atoms with Crippen molar-refractivity contribution in [3.8, 4) is 0 Å². The first kappa shape index (κ1) is 3.60. The fourth-order valence-electron chi connectivity index (χ4n) is 0. The fraction of sp³-hybridized carbons (Fsp3) is 0.500. The topological polar surface area (TPSA) is 3.01 Å². The Labute approximate surface area is 24.3 Å². The van der Waals surface area contributed by atoms with Crippen LogP contribution in [0.3, 0.4) is 0 Å². The molecule has 0 N–H and O–H groups in total. The summed E-state index contributed by atoms with van der Waals surface area (Å²) >= 11 is 0. The van der Waals surface area contributed by atoms with Gasteiger partial charge in [-0.3, -0.25) is 0 Å². The molecule has 0 aliphatic carbocycles. The minimum Gasteiger partial charge on any atom is -0.0243 e. The van der Waals surface area contributed by atoms with Gasteiger partial charge in [-0.25, -0.2) is 0 Å². The first-order valence-corrected chi connectivity index (χ1v) is 0.932. The lowest BCUT2D eigenvalue weighted by molar-refractivity contribution is -0.678. The van der Waals surface area contributed by atoms with Crippen LogP contribution in [0.15, 0.2) is 0 Å². The summed E-state index contributed by atoms with van der Waals surface area (Å²) in [6.07, 6.45) is 0. The predicted octanol–water partition coefficient (Wildman–Crippen LogP) is 0.214. The van der Waals surface area contributed by atoms with Crippen LogP contribution in [0.25, 0.3) is 0 Å². The lowest BCUT2D eigenvalue weighted by Gasteiger charge is -1.52. The maximum Gasteiger partial charge on any atom is 0.179 e. The number of hydrogen-bond donors (Lipinski definition) is 0. The minimum absolute atomic E-state index is 0.250. The molecule has 0 aromatic rings. The largest absolute Gasteiger partial charge is 0.179 e. The molecule has 0 aromatic carbocycles. The maximum absolute atomic E-state index is 10.7. The Morgan fingerprint density at radius 1 is 2.00 bits per heavy atom. The second-order valence-corrected chi connectivity index (χ2v) is 0.605. The molecule has 0 fully saturated rings. The van der Waals surface area contributed by atoms with E-state index in [9.17, 15) is 4.48 Å². The standard InChI is InChI=1S/C2H5FN/c1-4(2)3/h1H2,2H3/q+1. The molecule has 0 bridgehead atoms. The zero-order valence-electron chi connectivity index (χ0n) is 2.53. The molecule has 0 heterocycles. The molecule has 0 rings (SSSR count). The highest BCUT2D eigenvalue weighted by Crippen LogP contribution is 1.48. The third-order valence-electron chi connectivity index (χ3n) is 0. The predicted molar refractivity (Wildman–Crippen MR) is 14.4 cm³/mol. The molecule has 0 spiro atoms. The average molecular weight is 62.1 g/mol. The molecule has 0 aliphatic rings. The van der Waals surface area contributed by atoms with Crippen molar-refractivity contribution < 1.29 is 9.28 Å². The number of halogens is 1. The van der Waals surface area contributed by atoms with E-state index in [4.69, 9.17) is 0 Å². The van der Waals surface area contributed by atoms with E-state index >= 15 is 0 Å². The Bertz CT molecular complexity index is 29.0. The van der Waals surface area contributed by atoms with Crippen LogP contribution in [0, 0.1) is 0 Å². The van der Waals surface area contributed by atoms with Crippen molar-refractivity contribution in [3.63, 3.8) is 0 Å². The van der Waals surface area contributed by atoms with Gasteiger partial charge in [0.1, 0.15) is 0 Å². The van der Waals surface area contributed by atoms with Gasteiger partial charge in [0.05, 0.1) is 4.48 Å². The zero-order chi connectivity index (χ0) is 3.58. The van der Waals surface area contributed by atoms with E-state index in [0.717, 1.165) is 0 Å². The Kier molecular flexibility index (Phi) is 0.886. The lowest BCUT2D eigenvalue weighted by Crippen LogP contribution is -1.77. The van der Waals surface area contributed by atoms with Crippen LogP contribution in [0.1, 0.15) is 0 Å². The van der Waals surface area contributed by atoms with Crippen molar-refractivity contribution in [1.29, 1.82) is 0 Å². The van der Waals surface area contributed by atoms with E-state index < -0.39 is 0 Å². The van der Waals surface area contributed by atoms with E-state index in [1.165, 1.54) is 7.05 Å². The van der Waals surface area contributed by atoms with Gasteiger partial charge in [0.25, 0.3) is 0 Å². The fourth-order valence-corrected chi connectivity index (χ4v) is 0. The van der Waals surface area contributed by atoms with E-state index in [1.807, 2.05) is 0 Å². The average Bonchev–Trinajstić information content (AvgIpc) is 0.811. The quantitative estimate of drug-likeness (QED) is 0.279. The Morgan fingerprint density at radius 3 is 2.00 bits per heavy atom. The normalized spacial score (nSPS) is 6.50. The van der Waals surface area contributed by atoms with Crippen LogP contribution in [0.5, 0.6) is 0 Å². The molecule has 24 valence electrons. The SMILES string of the molecule is C=[N+](C)F. The van der Waals surface area contributed by atoms with E-state index in [2.05, 4.69) is 6.72 Å². The summed E-state index contributed by atoms with van der Waals surface area (Å²) in [6, 6.07) is 0. The minimum atomic E-state index is 0.250. The molecule has 2 heteroatoms. The van der Waals surface area contributed by atoms with Crippen LogP contribution < -0.4 is 0 Å². The molecule has 0 amide bonds. The van der Waals surface area contributed by atoms with Crippen molar-refractivity contribution in [3.05, 3.63) is 0 Å². The molecule has 0 saturated carbocycles. The highest BCUT2D eigenvalue weighted by molar-refractivity contribution is 5.13. The van der Waals surface area contributed by atoms with Gasteiger partial charge in [-0.15, -0.1) is 0 Å². The van der Waals surface area contributed by atoms with E-state index in [-0.39, 0.29) is 4.80 Å². The van der Waals surface area contributed by atoms with Crippen LogP contribution >= 0.6 is 0 Å². The van der Waals surface area contributed by atoms with Crippen molar-refractivity contribution in [2.24, 2.45) is 0 Å². The first-order chi connectivity index (χ1) is 1.73. The van der Waals surface area contributed by atoms with Crippen LogP contribution in [0.2, 0.25) is 0 Å². The molecule has 0 radical (unpaired) electrons. The highest BCUT2D eigenvalue weighted by Gasteiger charge is 1.64. The molecule has 0 aliphatic heterocycles. The molecule has 1 nitrogen and oxygen atoms in total. The number of hydrogen-bond acceptors (Lipinski definition) is 0. The van der Waals surface area contributed by atoms with Gasteiger partial charge in [-0.2, -0.15) is 0 Å². The third kappa shape index (κ3) is 3.60. The lowest BCUT2D eigenvalue weighted by atomic mass is 11.4. The summed E-state index contributed by atoms with van der Waals surface area (Å²) in [5.41, 5.74) is 0. The van der Waals surface area contributed by atoms with Crippen molar-refractivity contribution in [2.45, 2.75) is 0 Å². The first-order valence-electron chi connectivity index (χ1n) is 0.932. The monoisotopic (exact) mass is 62.0 g/mol. The second kappa shape index (κ2) is 0.985. The Balaban J connectivity index is 2.80. The summed E-state index contributed by atoms with van der Waals surface area (Å²) < 4.78 is 10.7. The molecule has 0 atom stereocenters. The van der Waals surface area contributed by atoms with Crippen molar-refractivity contribution in [1.82, 2.24) is 0 Å². The molecular formula is C2H5FN+. The molecule has 4 heavy (non-hydrogen) atoms. The van der Waals surface area contributed by atoms with E-state index in [0.29, 0.717) is 0 Å². The van der Waals surface area contributed by atoms with Crippen LogP contribution in [-0.4, -0.2) is 18.6 Å². The molecule has 0 saturated heterocycles. The molecule has 0 unspecified atom stereocenters. The summed E-state index contributed by atoms with van der Waals surface area (Å²) in [4.78, 5) is 0.250. The van der Waals surface area contributed by atoms with Crippen LogP contribution in [0.4, 0.5) is 4.48 Å². The van der Waals surface area contributed by atoms with Gasteiger partial charge in [0.2, 0.25) is 0 Å². The Hall–Kier alpha value is -0.400. The van der Waals surface area contributed by atoms with Crippen molar-refractivity contribution in [2.75, 3.05) is 7.05 Å².